The third-order valence-corrected chi connectivity index (χ3v) is 6.02. The van der Waals surface area contributed by atoms with Crippen molar-refractivity contribution in [3.05, 3.63) is 39.5 Å². The van der Waals surface area contributed by atoms with Gasteiger partial charge in [-0.2, -0.15) is 18.3 Å². The number of thiophene rings is 1. The highest BCUT2D eigenvalue weighted by Crippen LogP contribution is 2.39. The fourth-order valence-electron chi connectivity index (χ4n) is 3.42. The molecule has 31 heavy (non-hydrogen) atoms. The molecule has 0 saturated carbocycles. The van der Waals surface area contributed by atoms with Gasteiger partial charge in [0.25, 0.3) is 0 Å². The van der Waals surface area contributed by atoms with Gasteiger partial charge < -0.3 is 0 Å². The van der Waals surface area contributed by atoms with E-state index in [0.29, 0.717) is 32.5 Å². The number of halogens is 3. The second-order valence-electron chi connectivity index (χ2n) is 6.89. The average Bonchev–Trinajstić information content (AvgIpc) is 3.34. The van der Waals surface area contributed by atoms with Crippen LogP contribution in [0.3, 0.4) is 0 Å². The molecule has 10 nitrogen and oxygen atoms in total. The number of hydrogen-bond acceptors (Lipinski definition) is 8. The van der Waals surface area contributed by atoms with Crippen LogP contribution in [0.5, 0.6) is 0 Å². The molecule has 0 unspecified atom stereocenters. The lowest BCUT2D eigenvalue weighted by molar-refractivity contribution is -0.384. The predicted octanol–water partition coefficient (Wildman–Crippen LogP) is 3.83. The minimum atomic E-state index is -4.57. The molecular formula is C17H11F3N8O2S. The maximum atomic E-state index is 13.2. The smallest absolute Gasteiger partial charge is 0.265 e. The number of nitro groups is 1. The summed E-state index contributed by atoms with van der Waals surface area (Å²) in [7, 11) is 1.57. The van der Waals surface area contributed by atoms with Gasteiger partial charge in [0.15, 0.2) is 5.65 Å². The summed E-state index contributed by atoms with van der Waals surface area (Å²) in [5.41, 5.74) is 0.259. The van der Waals surface area contributed by atoms with Crippen molar-refractivity contribution in [2.75, 3.05) is 0 Å². The van der Waals surface area contributed by atoms with Crippen LogP contribution in [0.25, 0.3) is 37.6 Å². The number of pyridine rings is 1. The Morgan fingerprint density at radius 3 is 2.61 bits per heavy atom. The molecule has 5 rings (SSSR count). The Morgan fingerprint density at radius 1 is 1.19 bits per heavy atom. The first kappa shape index (κ1) is 19.3. The highest BCUT2D eigenvalue weighted by molar-refractivity contribution is 7.26. The van der Waals surface area contributed by atoms with Crippen LogP contribution in [0.15, 0.2) is 12.4 Å². The van der Waals surface area contributed by atoms with Crippen LogP contribution in [0.4, 0.5) is 18.9 Å². The monoisotopic (exact) mass is 448 g/mol. The number of hydrogen-bond donors (Lipinski definition) is 0. The van der Waals surface area contributed by atoms with Crippen LogP contribution in [-0.4, -0.2) is 39.3 Å². The second kappa shape index (κ2) is 6.16. The minimum Gasteiger partial charge on any atom is -0.265 e. The summed E-state index contributed by atoms with van der Waals surface area (Å²) in [5, 5.41) is 20.4. The van der Waals surface area contributed by atoms with E-state index in [1.54, 1.807) is 20.9 Å². The van der Waals surface area contributed by atoms with Crippen molar-refractivity contribution in [2.45, 2.75) is 20.0 Å². The molecule has 0 atom stereocenters. The number of nitrogens with zero attached hydrogens (tertiary/aromatic N) is 8. The van der Waals surface area contributed by atoms with Crippen LogP contribution in [0.1, 0.15) is 17.0 Å². The van der Waals surface area contributed by atoms with E-state index < -0.39 is 16.8 Å². The quantitative estimate of drug-likeness (QED) is 0.298. The molecule has 5 aromatic rings. The van der Waals surface area contributed by atoms with E-state index in [1.807, 2.05) is 0 Å². The van der Waals surface area contributed by atoms with E-state index in [1.165, 1.54) is 15.5 Å². The molecule has 158 valence electrons. The van der Waals surface area contributed by atoms with Crippen LogP contribution >= 0.6 is 11.3 Å². The van der Waals surface area contributed by atoms with Crippen molar-refractivity contribution < 1.29 is 18.1 Å². The number of alkyl halides is 3. The summed E-state index contributed by atoms with van der Waals surface area (Å²) < 4.78 is 42.7. The summed E-state index contributed by atoms with van der Waals surface area (Å²) >= 11 is 1.01. The van der Waals surface area contributed by atoms with Gasteiger partial charge in [0.05, 0.1) is 10.4 Å². The Hall–Kier alpha value is -3.68. The molecule has 0 saturated heterocycles. The van der Waals surface area contributed by atoms with E-state index >= 15 is 0 Å². The Labute approximate surface area is 174 Å². The first-order valence-electron chi connectivity index (χ1n) is 8.77. The zero-order chi connectivity index (χ0) is 22.2. The van der Waals surface area contributed by atoms with Crippen molar-refractivity contribution in [2.24, 2.45) is 7.05 Å². The normalized spacial score (nSPS) is 12.5. The van der Waals surface area contributed by atoms with Crippen molar-refractivity contribution in [1.29, 1.82) is 0 Å². The van der Waals surface area contributed by atoms with Crippen molar-refractivity contribution >= 4 is 43.1 Å². The van der Waals surface area contributed by atoms with Gasteiger partial charge in [-0.15, -0.1) is 16.4 Å². The highest BCUT2D eigenvalue weighted by Gasteiger charge is 2.34. The van der Waals surface area contributed by atoms with Gasteiger partial charge in [-0.05, 0) is 25.5 Å². The van der Waals surface area contributed by atoms with Gasteiger partial charge in [0.1, 0.15) is 27.2 Å². The molecule has 0 aliphatic rings. The van der Waals surface area contributed by atoms with E-state index in [-0.39, 0.29) is 22.0 Å². The lowest BCUT2D eigenvalue weighted by Gasteiger charge is -2.06. The molecule has 0 spiro atoms. The minimum absolute atomic E-state index is 0.00313. The third kappa shape index (κ3) is 2.74. The highest BCUT2D eigenvalue weighted by atomic mass is 32.1. The molecule has 0 radical (unpaired) electrons. The van der Waals surface area contributed by atoms with Crippen LogP contribution in [0.2, 0.25) is 0 Å². The second-order valence-corrected chi connectivity index (χ2v) is 7.89. The number of rotatable bonds is 2. The lowest BCUT2D eigenvalue weighted by Crippen LogP contribution is -2.07. The van der Waals surface area contributed by atoms with Gasteiger partial charge >= 0.3 is 11.9 Å². The van der Waals surface area contributed by atoms with Crippen molar-refractivity contribution in [3.8, 4) is 11.5 Å². The maximum Gasteiger partial charge on any atom is 0.433 e. The first-order chi connectivity index (χ1) is 14.6. The fourth-order valence-corrected chi connectivity index (χ4v) is 4.60. The predicted molar refractivity (Wildman–Crippen MR) is 105 cm³/mol. The molecule has 0 amide bonds. The molecule has 5 heterocycles. The lowest BCUT2D eigenvalue weighted by atomic mass is 10.1. The number of fused-ring (bicyclic) bond motifs is 5. The van der Waals surface area contributed by atoms with Gasteiger partial charge in [-0.3, -0.25) is 14.8 Å². The van der Waals surface area contributed by atoms with Gasteiger partial charge in [0.2, 0.25) is 11.5 Å². The molecule has 0 bridgehead atoms. The van der Waals surface area contributed by atoms with Crippen molar-refractivity contribution in [1.82, 2.24) is 34.3 Å². The Balaban J connectivity index is 1.80. The van der Waals surface area contributed by atoms with E-state index in [4.69, 9.17) is 0 Å². The van der Waals surface area contributed by atoms with E-state index in [2.05, 4.69) is 25.1 Å². The third-order valence-electron chi connectivity index (χ3n) is 4.95. The van der Waals surface area contributed by atoms with Gasteiger partial charge in [-0.1, -0.05) is 0 Å². The molecule has 14 heteroatoms. The average molecular weight is 448 g/mol. The molecule has 0 aliphatic heterocycles. The van der Waals surface area contributed by atoms with Crippen LogP contribution in [-0.2, 0) is 13.2 Å². The van der Waals surface area contributed by atoms with E-state index in [0.717, 1.165) is 17.4 Å². The molecule has 0 fully saturated rings. The molecular weight excluding hydrogens is 437 g/mol. The molecule has 5 aromatic heterocycles. The van der Waals surface area contributed by atoms with Crippen LogP contribution in [0, 0.1) is 24.0 Å². The first-order valence-corrected chi connectivity index (χ1v) is 9.58. The standard InChI is InChI=1S/C17H11F3N8O2S/c1-6-4-8(17(18,19)20)22-16-9(6)10-13(31-16)15-23-14(25-27(15)5-21-10)11-12(28(29)30)7(2)26(3)24-11/h4-5H,1-3H3. The summed E-state index contributed by atoms with van der Waals surface area (Å²) in [6.07, 6.45) is -3.21. The topological polar surface area (TPSA) is 117 Å². The van der Waals surface area contributed by atoms with Gasteiger partial charge in [-0.25, -0.2) is 19.5 Å². The van der Waals surface area contributed by atoms with Crippen LogP contribution < -0.4 is 0 Å². The number of aryl methyl sites for hydroxylation is 2. The summed E-state index contributed by atoms with van der Waals surface area (Å²) in [6.45, 7) is 3.12. The maximum absolute atomic E-state index is 13.2. The number of aromatic nitrogens is 7. The van der Waals surface area contributed by atoms with Gasteiger partial charge in [0, 0.05) is 12.4 Å². The zero-order valence-corrected chi connectivity index (χ0v) is 16.9. The Morgan fingerprint density at radius 2 is 1.94 bits per heavy atom. The van der Waals surface area contributed by atoms with E-state index in [9.17, 15) is 23.3 Å². The SMILES string of the molecule is Cc1cc(C(F)(F)F)nc2sc3c(ncn4nc(-c5nn(C)c(C)c5[N+](=O)[O-])nc34)c12. The molecule has 0 aromatic carbocycles. The molecule has 0 aliphatic carbocycles. The molecule has 0 N–H and O–H groups in total. The summed E-state index contributed by atoms with van der Waals surface area (Å²) in [6, 6.07) is 0.982. The Bertz CT molecular complexity index is 1550. The summed E-state index contributed by atoms with van der Waals surface area (Å²) in [4.78, 5) is 23.6. The summed E-state index contributed by atoms with van der Waals surface area (Å²) in [5.74, 6) is 0.0165. The zero-order valence-electron chi connectivity index (χ0n) is 16.1. The van der Waals surface area contributed by atoms with Crippen molar-refractivity contribution in [3.63, 3.8) is 0 Å². The largest absolute Gasteiger partial charge is 0.433 e. The fraction of sp³-hybridized carbons (Fsp3) is 0.235. The Kier molecular flexibility index (Phi) is 3.84.